The van der Waals surface area contributed by atoms with Gasteiger partial charge in [0.1, 0.15) is 11.8 Å². The molecule has 0 bridgehead atoms. The molecule has 2 aromatic rings. The lowest BCUT2D eigenvalue weighted by Gasteiger charge is -2.33. The largest absolute Gasteiger partial charge is 0.469 e. The Labute approximate surface area is 129 Å². The van der Waals surface area contributed by atoms with Crippen LogP contribution in [-0.2, 0) is 0 Å². The van der Waals surface area contributed by atoms with Crippen LogP contribution in [0.4, 0.5) is 0 Å². The van der Waals surface area contributed by atoms with Crippen LogP contribution in [0.3, 0.4) is 0 Å². The first-order valence-corrected chi connectivity index (χ1v) is 7.76. The molecule has 3 rings (SSSR count). The highest BCUT2D eigenvalue weighted by Gasteiger charge is 2.33. The normalized spacial score (nSPS) is 18.9. The van der Waals surface area contributed by atoms with Gasteiger partial charge in [0.15, 0.2) is 5.82 Å². The van der Waals surface area contributed by atoms with Crippen LogP contribution < -0.4 is 0 Å². The van der Waals surface area contributed by atoms with Gasteiger partial charge in [0.05, 0.1) is 11.8 Å². The molecule has 0 spiro atoms. The number of nitrogens with zero attached hydrogens (tertiary/aromatic N) is 3. The smallest absolute Gasteiger partial charge is 0.258 e. The monoisotopic (exact) mass is 303 g/mol. The molecule has 2 aromatic heterocycles. The maximum Gasteiger partial charge on any atom is 0.258 e. The minimum Gasteiger partial charge on any atom is -0.469 e. The number of carbonyl (C=O) groups excluding carboxylic acids is 1. The van der Waals surface area contributed by atoms with Crippen molar-refractivity contribution in [2.24, 2.45) is 0 Å². The lowest BCUT2D eigenvalue weighted by Crippen LogP contribution is -2.38. The van der Waals surface area contributed by atoms with Crippen LogP contribution in [0.25, 0.3) is 0 Å². The van der Waals surface area contributed by atoms with E-state index < -0.39 is 0 Å². The molecule has 1 amide bonds. The summed E-state index contributed by atoms with van der Waals surface area (Å²) in [4.78, 5) is 19.1. The summed E-state index contributed by atoms with van der Waals surface area (Å²) in [5, 5.41) is 4.02. The maximum absolute atomic E-state index is 12.8. The lowest BCUT2D eigenvalue weighted by molar-refractivity contribution is 0.0559. The average molecular weight is 303 g/mol. The Hall–Kier alpha value is -2.11. The number of amides is 1. The molecule has 1 saturated heterocycles. The van der Waals surface area contributed by atoms with Crippen molar-refractivity contribution in [1.29, 1.82) is 0 Å². The fraction of sp³-hybridized carbons (Fsp3) is 0.562. The summed E-state index contributed by atoms with van der Waals surface area (Å²) in [6, 6.07) is 1.58. The number of piperidine rings is 1. The summed E-state index contributed by atoms with van der Waals surface area (Å²) in [6.07, 6.45) is 4.44. The van der Waals surface area contributed by atoms with E-state index >= 15 is 0 Å². The lowest BCUT2D eigenvalue weighted by atomic mass is 10.0. The zero-order chi connectivity index (χ0) is 15.7. The second-order valence-electron chi connectivity index (χ2n) is 6.05. The Morgan fingerprint density at radius 1 is 1.41 bits per heavy atom. The van der Waals surface area contributed by atoms with Crippen molar-refractivity contribution in [2.75, 3.05) is 6.54 Å². The third kappa shape index (κ3) is 2.65. The van der Waals surface area contributed by atoms with Crippen LogP contribution in [-0.4, -0.2) is 27.5 Å². The molecular weight excluding hydrogens is 282 g/mol. The number of hydrogen-bond acceptors (Lipinski definition) is 5. The van der Waals surface area contributed by atoms with Crippen molar-refractivity contribution in [3.05, 3.63) is 35.4 Å². The fourth-order valence-corrected chi connectivity index (χ4v) is 2.81. The second kappa shape index (κ2) is 5.94. The zero-order valence-corrected chi connectivity index (χ0v) is 13.2. The van der Waals surface area contributed by atoms with E-state index in [9.17, 15) is 4.79 Å². The van der Waals surface area contributed by atoms with Crippen LogP contribution in [0.2, 0.25) is 0 Å². The summed E-state index contributed by atoms with van der Waals surface area (Å²) in [7, 11) is 0. The van der Waals surface area contributed by atoms with E-state index in [2.05, 4.69) is 10.1 Å². The van der Waals surface area contributed by atoms with Gasteiger partial charge >= 0.3 is 0 Å². The van der Waals surface area contributed by atoms with Gasteiger partial charge in [-0.05, 0) is 32.3 Å². The molecule has 0 N–H and O–H groups in total. The number of likely N-dealkylation sites (tertiary alicyclic amines) is 1. The average Bonchev–Trinajstić information content (AvgIpc) is 3.15. The molecule has 1 fully saturated rings. The predicted octanol–water partition coefficient (Wildman–Crippen LogP) is 3.46. The van der Waals surface area contributed by atoms with Crippen molar-refractivity contribution in [1.82, 2.24) is 15.0 Å². The SMILES string of the molecule is Cc1occc1C(=O)N1CCCC[C@H]1c1nc(C(C)C)no1. The van der Waals surface area contributed by atoms with Gasteiger partial charge in [-0.25, -0.2) is 0 Å². The van der Waals surface area contributed by atoms with Gasteiger partial charge in [-0.3, -0.25) is 4.79 Å². The molecule has 0 saturated carbocycles. The van der Waals surface area contributed by atoms with E-state index in [-0.39, 0.29) is 17.9 Å². The van der Waals surface area contributed by atoms with Gasteiger partial charge in [0.25, 0.3) is 5.91 Å². The first-order chi connectivity index (χ1) is 10.6. The summed E-state index contributed by atoms with van der Waals surface area (Å²) in [6.45, 7) is 6.55. The van der Waals surface area contributed by atoms with E-state index in [1.807, 2.05) is 18.7 Å². The molecule has 3 heterocycles. The van der Waals surface area contributed by atoms with Gasteiger partial charge in [-0.1, -0.05) is 19.0 Å². The van der Waals surface area contributed by atoms with E-state index in [0.717, 1.165) is 19.3 Å². The molecule has 0 aromatic carbocycles. The van der Waals surface area contributed by atoms with Gasteiger partial charge in [0, 0.05) is 12.5 Å². The molecule has 1 atom stereocenters. The van der Waals surface area contributed by atoms with Gasteiger partial charge in [0.2, 0.25) is 5.89 Å². The second-order valence-corrected chi connectivity index (χ2v) is 6.05. The summed E-state index contributed by atoms with van der Waals surface area (Å²) < 4.78 is 10.7. The van der Waals surface area contributed by atoms with Gasteiger partial charge in [-0.2, -0.15) is 4.98 Å². The Kier molecular flexibility index (Phi) is 4.00. The van der Waals surface area contributed by atoms with Crippen LogP contribution in [0.5, 0.6) is 0 Å². The maximum atomic E-state index is 12.8. The molecule has 0 unspecified atom stereocenters. The molecule has 6 heteroatoms. The molecule has 118 valence electrons. The number of furan rings is 1. The quantitative estimate of drug-likeness (QED) is 0.868. The molecule has 0 radical (unpaired) electrons. The summed E-state index contributed by atoms with van der Waals surface area (Å²) in [5.74, 6) is 2.05. The summed E-state index contributed by atoms with van der Waals surface area (Å²) in [5.41, 5.74) is 0.607. The first kappa shape index (κ1) is 14.8. The highest BCUT2D eigenvalue weighted by Crippen LogP contribution is 2.32. The van der Waals surface area contributed by atoms with Crippen molar-refractivity contribution in [2.45, 2.75) is 52.0 Å². The van der Waals surface area contributed by atoms with Crippen molar-refractivity contribution >= 4 is 5.91 Å². The number of aryl methyl sites for hydroxylation is 1. The fourth-order valence-electron chi connectivity index (χ4n) is 2.81. The van der Waals surface area contributed by atoms with Gasteiger partial charge in [-0.15, -0.1) is 0 Å². The number of hydrogen-bond donors (Lipinski definition) is 0. The van der Waals surface area contributed by atoms with E-state index in [0.29, 0.717) is 29.6 Å². The van der Waals surface area contributed by atoms with Crippen LogP contribution in [0.1, 0.15) is 72.9 Å². The molecule has 1 aliphatic heterocycles. The van der Waals surface area contributed by atoms with Crippen LogP contribution in [0.15, 0.2) is 21.3 Å². The Balaban J connectivity index is 1.87. The number of aromatic nitrogens is 2. The first-order valence-electron chi connectivity index (χ1n) is 7.76. The highest BCUT2D eigenvalue weighted by atomic mass is 16.5. The number of rotatable bonds is 3. The Bertz CT molecular complexity index is 659. The third-order valence-electron chi connectivity index (χ3n) is 4.11. The molecule has 6 nitrogen and oxygen atoms in total. The Morgan fingerprint density at radius 2 is 2.23 bits per heavy atom. The number of carbonyl (C=O) groups is 1. The predicted molar refractivity (Wildman–Crippen MR) is 79.5 cm³/mol. The molecule has 1 aliphatic rings. The topological polar surface area (TPSA) is 72.4 Å². The highest BCUT2D eigenvalue weighted by molar-refractivity contribution is 5.95. The van der Waals surface area contributed by atoms with Gasteiger partial charge < -0.3 is 13.8 Å². The van der Waals surface area contributed by atoms with Crippen LogP contribution >= 0.6 is 0 Å². The molecular formula is C16H21N3O3. The van der Waals surface area contributed by atoms with Crippen molar-refractivity contribution in [3.8, 4) is 0 Å². The molecule has 22 heavy (non-hydrogen) atoms. The minimum absolute atomic E-state index is 0.0275. The Morgan fingerprint density at radius 3 is 2.86 bits per heavy atom. The van der Waals surface area contributed by atoms with Crippen molar-refractivity contribution in [3.63, 3.8) is 0 Å². The minimum atomic E-state index is -0.143. The third-order valence-corrected chi connectivity index (χ3v) is 4.11. The van der Waals surface area contributed by atoms with E-state index in [1.54, 1.807) is 19.3 Å². The molecule has 0 aliphatic carbocycles. The zero-order valence-electron chi connectivity index (χ0n) is 13.2. The standard InChI is InChI=1S/C16H21N3O3/c1-10(2)14-17-15(22-18-14)13-6-4-5-8-19(13)16(20)12-7-9-21-11(12)3/h7,9-10,13H,4-6,8H2,1-3H3/t13-/m0/s1. The van der Waals surface area contributed by atoms with E-state index in [4.69, 9.17) is 8.94 Å². The van der Waals surface area contributed by atoms with Crippen LogP contribution in [0, 0.1) is 6.92 Å². The van der Waals surface area contributed by atoms with E-state index in [1.165, 1.54) is 0 Å². The summed E-state index contributed by atoms with van der Waals surface area (Å²) >= 11 is 0. The van der Waals surface area contributed by atoms with Crippen molar-refractivity contribution < 1.29 is 13.7 Å².